The van der Waals surface area contributed by atoms with Gasteiger partial charge in [0.15, 0.2) is 0 Å². The van der Waals surface area contributed by atoms with Crippen molar-refractivity contribution < 1.29 is 0 Å². The molecule has 0 nitrogen and oxygen atoms in total. The molecule has 4 fully saturated rings. The second-order valence-electron chi connectivity index (χ2n) is 13.1. The Hall–Kier alpha value is 0. The monoisotopic (exact) mass is 386 g/mol. The minimum absolute atomic E-state index is 0.670. The molecule has 0 heteroatoms. The topological polar surface area (TPSA) is 0 Å². The molecule has 28 heavy (non-hydrogen) atoms. The average Bonchev–Trinajstić information content (AvgIpc) is 2.99. The second kappa shape index (κ2) is 7.92. The summed E-state index contributed by atoms with van der Waals surface area (Å²) in [6.07, 6.45) is 18.3. The Bertz CT molecular complexity index is 534. The van der Waals surface area contributed by atoms with Gasteiger partial charge in [0.05, 0.1) is 0 Å². The lowest BCUT2D eigenvalue weighted by atomic mass is 9.44. The van der Waals surface area contributed by atoms with E-state index in [1.54, 1.807) is 44.9 Å². The van der Waals surface area contributed by atoms with E-state index in [2.05, 4.69) is 41.5 Å². The number of hydrogen-bond acceptors (Lipinski definition) is 0. The van der Waals surface area contributed by atoms with Crippen LogP contribution in [0.2, 0.25) is 0 Å². The van der Waals surface area contributed by atoms with Gasteiger partial charge in [-0.05, 0) is 110 Å². The van der Waals surface area contributed by atoms with Crippen molar-refractivity contribution in [3.8, 4) is 0 Å². The summed E-state index contributed by atoms with van der Waals surface area (Å²) in [6.45, 7) is 15.4. The average molecular weight is 387 g/mol. The summed E-state index contributed by atoms with van der Waals surface area (Å²) < 4.78 is 0. The molecule has 0 aliphatic heterocycles. The van der Waals surface area contributed by atoms with Gasteiger partial charge in [0.1, 0.15) is 0 Å². The highest BCUT2D eigenvalue weighted by molar-refractivity contribution is 5.09. The van der Waals surface area contributed by atoms with E-state index in [-0.39, 0.29) is 0 Å². The molecule has 0 N–H and O–H groups in total. The first-order chi connectivity index (χ1) is 13.3. The van der Waals surface area contributed by atoms with Crippen LogP contribution in [-0.4, -0.2) is 0 Å². The van der Waals surface area contributed by atoms with Crippen LogP contribution in [0.25, 0.3) is 0 Å². The van der Waals surface area contributed by atoms with Crippen LogP contribution in [0.15, 0.2) is 0 Å². The van der Waals surface area contributed by atoms with Crippen molar-refractivity contribution in [1.29, 1.82) is 0 Å². The normalized spacial score (nSPS) is 49.4. The van der Waals surface area contributed by atoms with E-state index < -0.39 is 0 Å². The summed E-state index contributed by atoms with van der Waals surface area (Å²) in [4.78, 5) is 0. The zero-order chi connectivity index (χ0) is 20.1. The Morgan fingerprint density at radius 3 is 2.25 bits per heavy atom. The first-order valence-electron chi connectivity index (χ1n) is 13.3. The fourth-order valence-electron chi connectivity index (χ4n) is 9.50. The number of fused-ring (bicyclic) bond motifs is 5. The van der Waals surface area contributed by atoms with Crippen molar-refractivity contribution in [3.63, 3.8) is 0 Å². The molecule has 0 aromatic heterocycles. The zero-order valence-corrected chi connectivity index (χ0v) is 20.1. The van der Waals surface area contributed by atoms with Gasteiger partial charge in [0, 0.05) is 0 Å². The fraction of sp³-hybridized carbons (Fsp3) is 1.00. The number of hydrogen-bond donors (Lipinski definition) is 0. The quantitative estimate of drug-likeness (QED) is 0.443. The van der Waals surface area contributed by atoms with Crippen molar-refractivity contribution in [3.05, 3.63) is 0 Å². The standard InChI is InChI=1S/C28H50/c1-19(2)8-7-9-21(4)24-12-13-25-23-11-10-22-18-20(3)14-16-27(22,5)26(23)15-17-28(24,25)6/h19-26H,7-18H2,1-6H3/t20?,21-,22+,23?,24?,25?,26?,27?,28?/m1/s1. The molecule has 4 aliphatic carbocycles. The summed E-state index contributed by atoms with van der Waals surface area (Å²) in [5.41, 5.74) is 1.36. The highest BCUT2D eigenvalue weighted by Gasteiger charge is 2.60. The molecule has 0 saturated heterocycles. The summed E-state index contributed by atoms with van der Waals surface area (Å²) >= 11 is 0. The predicted molar refractivity (Wildman–Crippen MR) is 122 cm³/mol. The molecule has 0 bridgehead atoms. The molecule has 7 unspecified atom stereocenters. The third-order valence-corrected chi connectivity index (χ3v) is 11.1. The summed E-state index contributed by atoms with van der Waals surface area (Å²) in [7, 11) is 0. The lowest BCUT2D eigenvalue weighted by Crippen LogP contribution is -2.53. The van der Waals surface area contributed by atoms with Gasteiger partial charge < -0.3 is 0 Å². The Morgan fingerprint density at radius 1 is 0.786 bits per heavy atom. The van der Waals surface area contributed by atoms with Crippen LogP contribution in [0.5, 0.6) is 0 Å². The Morgan fingerprint density at radius 2 is 1.50 bits per heavy atom. The molecule has 0 heterocycles. The molecular formula is C28H50. The third-order valence-electron chi connectivity index (χ3n) is 11.1. The maximum Gasteiger partial charge on any atom is -0.0264 e. The molecule has 9 atom stereocenters. The first kappa shape index (κ1) is 21.2. The van der Waals surface area contributed by atoms with Crippen LogP contribution >= 0.6 is 0 Å². The predicted octanol–water partition coefficient (Wildman–Crippen LogP) is 8.74. The van der Waals surface area contributed by atoms with E-state index in [0.29, 0.717) is 10.8 Å². The molecule has 0 radical (unpaired) electrons. The second-order valence-corrected chi connectivity index (χ2v) is 13.1. The van der Waals surface area contributed by atoms with E-state index in [1.807, 2.05) is 0 Å². The largest absolute Gasteiger partial charge is 0.0628 e. The summed E-state index contributed by atoms with van der Waals surface area (Å²) in [6, 6.07) is 0. The molecule has 0 amide bonds. The molecule has 0 aromatic carbocycles. The lowest BCUT2D eigenvalue weighted by Gasteiger charge is -2.61. The van der Waals surface area contributed by atoms with Crippen molar-refractivity contribution in [1.82, 2.24) is 0 Å². The van der Waals surface area contributed by atoms with E-state index in [4.69, 9.17) is 0 Å². The smallest absolute Gasteiger partial charge is 0.0264 e. The van der Waals surface area contributed by atoms with Crippen molar-refractivity contribution >= 4 is 0 Å². The maximum absolute atomic E-state index is 2.75. The van der Waals surface area contributed by atoms with Crippen LogP contribution in [0.1, 0.15) is 119 Å². The van der Waals surface area contributed by atoms with Gasteiger partial charge in [-0.1, -0.05) is 67.2 Å². The van der Waals surface area contributed by atoms with E-state index in [0.717, 1.165) is 47.3 Å². The van der Waals surface area contributed by atoms with Gasteiger partial charge in [-0.25, -0.2) is 0 Å². The van der Waals surface area contributed by atoms with Gasteiger partial charge in [-0.3, -0.25) is 0 Å². The first-order valence-corrected chi connectivity index (χ1v) is 13.3. The minimum Gasteiger partial charge on any atom is -0.0628 e. The molecule has 162 valence electrons. The van der Waals surface area contributed by atoms with Gasteiger partial charge >= 0.3 is 0 Å². The Labute approximate surface area is 177 Å². The molecule has 0 aromatic rings. The highest BCUT2D eigenvalue weighted by Crippen LogP contribution is 2.68. The number of rotatable bonds is 5. The van der Waals surface area contributed by atoms with Gasteiger partial charge in [0.25, 0.3) is 0 Å². The minimum atomic E-state index is 0.670. The maximum atomic E-state index is 2.75. The van der Waals surface area contributed by atoms with Crippen LogP contribution in [-0.2, 0) is 0 Å². The summed E-state index contributed by atoms with van der Waals surface area (Å²) in [5, 5.41) is 0. The fourth-order valence-corrected chi connectivity index (χ4v) is 9.50. The van der Waals surface area contributed by atoms with E-state index >= 15 is 0 Å². The third kappa shape index (κ3) is 3.51. The molecule has 4 aliphatic rings. The van der Waals surface area contributed by atoms with Crippen molar-refractivity contribution in [2.45, 2.75) is 119 Å². The highest BCUT2D eigenvalue weighted by atomic mass is 14.6. The molecule has 4 rings (SSSR count). The van der Waals surface area contributed by atoms with Crippen LogP contribution < -0.4 is 0 Å². The van der Waals surface area contributed by atoms with Crippen LogP contribution in [0.4, 0.5) is 0 Å². The molecule has 0 spiro atoms. The van der Waals surface area contributed by atoms with Crippen molar-refractivity contribution in [2.24, 2.45) is 58.2 Å². The SMILES string of the molecule is CC(C)CCC[C@@H](C)C1CCC2C3CC[C@H]4CC(C)CCC4(C)C3CCC21C. The lowest BCUT2D eigenvalue weighted by molar-refractivity contribution is -0.120. The molecule has 4 saturated carbocycles. The van der Waals surface area contributed by atoms with Gasteiger partial charge in [-0.15, -0.1) is 0 Å². The van der Waals surface area contributed by atoms with Crippen LogP contribution in [0.3, 0.4) is 0 Å². The van der Waals surface area contributed by atoms with E-state index in [9.17, 15) is 0 Å². The van der Waals surface area contributed by atoms with E-state index in [1.165, 1.54) is 32.1 Å². The van der Waals surface area contributed by atoms with Crippen LogP contribution in [0, 0.1) is 58.2 Å². The van der Waals surface area contributed by atoms with Gasteiger partial charge in [0.2, 0.25) is 0 Å². The Kier molecular flexibility index (Phi) is 6.01. The zero-order valence-electron chi connectivity index (χ0n) is 20.1. The van der Waals surface area contributed by atoms with Crippen molar-refractivity contribution in [2.75, 3.05) is 0 Å². The van der Waals surface area contributed by atoms with Gasteiger partial charge in [-0.2, -0.15) is 0 Å². The summed E-state index contributed by atoms with van der Waals surface area (Å²) in [5.74, 6) is 8.08. The molecular weight excluding hydrogens is 336 g/mol. The Balaban J connectivity index is 1.46.